The Morgan fingerprint density at radius 1 is 1.25 bits per heavy atom. The zero-order valence-corrected chi connectivity index (χ0v) is 18.0. The van der Waals surface area contributed by atoms with E-state index >= 15 is 0 Å². The van der Waals surface area contributed by atoms with Crippen molar-refractivity contribution in [2.75, 3.05) is 6.54 Å². The number of halogens is 2. The lowest BCUT2D eigenvalue weighted by Crippen LogP contribution is -2.55. The predicted octanol–water partition coefficient (Wildman–Crippen LogP) is 3.07. The quantitative estimate of drug-likeness (QED) is 0.655. The molecule has 7 nitrogen and oxygen atoms in total. The van der Waals surface area contributed by atoms with E-state index in [0.29, 0.717) is 17.9 Å². The summed E-state index contributed by atoms with van der Waals surface area (Å²) in [7, 11) is 0. The minimum Gasteiger partial charge on any atom is -0.344 e. The second-order valence-corrected chi connectivity index (χ2v) is 7.01. The van der Waals surface area contributed by atoms with Crippen molar-refractivity contribution in [2.45, 2.75) is 33.2 Å². The Kier molecular flexibility index (Phi) is 7.93. The summed E-state index contributed by atoms with van der Waals surface area (Å²) < 4.78 is 1.67. The van der Waals surface area contributed by atoms with Gasteiger partial charge in [0.1, 0.15) is 0 Å². The van der Waals surface area contributed by atoms with E-state index in [2.05, 4.69) is 20.6 Å². The van der Waals surface area contributed by atoms with E-state index < -0.39 is 5.54 Å². The molecule has 2 aromatic heterocycles. The van der Waals surface area contributed by atoms with Crippen molar-refractivity contribution in [3.05, 3.63) is 47.9 Å². The van der Waals surface area contributed by atoms with Gasteiger partial charge in [-0.2, -0.15) is 0 Å². The maximum Gasteiger partial charge on any atom is 0.274 e. The second kappa shape index (κ2) is 9.32. The fourth-order valence-electron chi connectivity index (χ4n) is 2.79. The first-order chi connectivity index (χ1) is 12.4. The Morgan fingerprint density at radius 3 is 2.61 bits per heavy atom. The van der Waals surface area contributed by atoms with Crippen molar-refractivity contribution in [2.24, 2.45) is 11.7 Å². The van der Waals surface area contributed by atoms with Gasteiger partial charge in [-0.3, -0.25) is 9.78 Å². The van der Waals surface area contributed by atoms with Crippen LogP contribution in [0.4, 0.5) is 0 Å². The molecule has 0 radical (unpaired) electrons. The maximum absolute atomic E-state index is 12.8. The molecular formula is C19H26Cl2N6O. The summed E-state index contributed by atoms with van der Waals surface area (Å²) >= 11 is 0. The van der Waals surface area contributed by atoms with Gasteiger partial charge in [-0.25, -0.2) is 4.68 Å². The number of hydrogen-bond acceptors (Lipinski definition) is 5. The fraction of sp³-hybridized carbons (Fsp3) is 0.368. The lowest BCUT2D eigenvalue weighted by molar-refractivity contribution is 0.0877. The average Bonchev–Trinajstić information content (AvgIpc) is 3.02. The smallest absolute Gasteiger partial charge is 0.274 e. The highest BCUT2D eigenvalue weighted by Gasteiger charge is 2.31. The van der Waals surface area contributed by atoms with Crippen molar-refractivity contribution < 1.29 is 4.79 Å². The lowest BCUT2D eigenvalue weighted by atomic mass is 9.88. The van der Waals surface area contributed by atoms with Crippen molar-refractivity contribution in [3.8, 4) is 5.69 Å². The van der Waals surface area contributed by atoms with Crippen LogP contribution in [-0.2, 0) is 0 Å². The molecule has 3 rings (SSSR count). The number of carbonyl (C=O) groups excluding carboxylic acids is 1. The summed E-state index contributed by atoms with van der Waals surface area (Å²) in [5.74, 6) is -0.0790. The molecule has 0 aliphatic carbocycles. The summed E-state index contributed by atoms with van der Waals surface area (Å²) in [6.45, 7) is 8.17. The minimum absolute atomic E-state index is 0. The van der Waals surface area contributed by atoms with Crippen LogP contribution < -0.4 is 11.1 Å². The number of amides is 1. The number of pyridine rings is 1. The van der Waals surface area contributed by atoms with Crippen LogP contribution >= 0.6 is 24.8 Å². The first-order valence-electron chi connectivity index (χ1n) is 8.66. The molecule has 0 saturated carbocycles. The van der Waals surface area contributed by atoms with Gasteiger partial charge in [0, 0.05) is 18.1 Å². The van der Waals surface area contributed by atoms with E-state index in [9.17, 15) is 4.79 Å². The van der Waals surface area contributed by atoms with E-state index in [1.54, 1.807) is 10.9 Å². The van der Waals surface area contributed by atoms with Gasteiger partial charge in [0.05, 0.1) is 22.4 Å². The molecule has 1 aromatic carbocycles. The average molecular weight is 425 g/mol. The highest BCUT2D eigenvalue weighted by molar-refractivity contribution is 5.94. The van der Waals surface area contributed by atoms with E-state index in [0.717, 1.165) is 16.6 Å². The number of benzene rings is 1. The standard InChI is InChI=1S/C19H24N6O.2ClH/c1-12(2)19(4,11-20)22-18(26)17-13(3)25(24-23-17)16-9-5-8-15-14(16)7-6-10-21-15;;/h5-10,12H,11,20H2,1-4H3,(H,22,26);2*1H. The molecule has 0 saturated heterocycles. The molecule has 1 unspecified atom stereocenters. The zero-order valence-electron chi connectivity index (χ0n) is 16.3. The second-order valence-electron chi connectivity index (χ2n) is 7.01. The molecular weight excluding hydrogens is 399 g/mol. The van der Waals surface area contributed by atoms with Crippen molar-refractivity contribution >= 4 is 41.6 Å². The molecule has 0 bridgehead atoms. The van der Waals surface area contributed by atoms with Gasteiger partial charge in [-0.15, -0.1) is 29.9 Å². The topological polar surface area (TPSA) is 98.7 Å². The number of hydrogen-bond donors (Lipinski definition) is 2. The Bertz CT molecular complexity index is 953. The first kappa shape index (κ1) is 23.8. The molecule has 0 aliphatic rings. The van der Waals surface area contributed by atoms with Crippen LogP contribution in [-0.4, -0.2) is 38.0 Å². The molecule has 1 amide bonds. The zero-order chi connectivity index (χ0) is 18.9. The molecule has 2 heterocycles. The summed E-state index contributed by atoms with van der Waals surface area (Å²) in [4.78, 5) is 17.1. The third-order valence-corrected chi connectivity index (χ3v) is 5.06. The Morgan fingerprint density at radius 2 is 1.96 bits per heavy atom. The van der Waals surface area contributed by atoms with Crippen LogP contribution in [0.1, 0.15) is 37.0 Å². The van der Waals surface area contributed by atoms with Crippen LogP contribution in [0.3, 0.4) is 0 Å². The molecule has 0 aliphatic heterocycles. The van der Waals surface area contributed by atoms with Gasteiger partial charge in [0.15, 0.2) is 5.69 Å². The van der Waals surface area contributed by atoms with Crippen LogP contribution in [0.5, 0.6) is 0 Å². The van der Waals surface area contributed by atoms with E-state index in [-0.39, 0.29) is 36.6 Å². The minimum atomic E-state index is -0.503. The van der Waals surface area contributed by atoms with Crippen LogP contribution in [0.2, 0.25) is 0 Å². The highest BCUT2D eigenvalue weighted by atomic mass is 35.5. The fourth-order valence-corrected chi connectivity index (χ4v) is 2.79. The summed E-state index contributed by atoms with van der Waals surface area (Å²) in [6, 6.07) is 9.64. The Hall–Kier alpha value is -2.22. The number of nitrogens with zero attached hydrogens (tertiary/aromatic N) is 4. The Labute approximate surface area is 176 Å². The molecule has 3 N–H and O–H groups in total. The van der Waals surface area contributed by atoms with E-state index in [4.69, 9.17) is 5.73 Å². The number of nitrogens with one attached hydrogen (secondary N) is 1. The number of carbonyl (C=O) groups is 1. The Balaban J connectivity index is 0.00000196. The molecule has 28 heavy (non-hydrogen) atoms. The van der Waals surface area contributed by atoms with Crippen molar-refractivity contribution in [3.63, 3.8) is 0 Å². The van der Waals surface area contributed by atoms with Gasteiger partial charge < -0.3 is 11.1 Å². The first-order valence-corrected chi connectivity index (χ1v) is 8.66. The van der Waals surface area contributed by atoms with Crippen LogP contribution in [0.25, 0.3) is 16.6 Å². The number of fused-ring (bicyclic) bond motifs is 1. The normalized spacial score (nSPS) is 12.8. The van der Waals surface area contributed by atoms with Gasteiger partial charge >= 0.3 is 0 Å². The lowest BCUT2D eigenvalue weighted by Gasteiger charge is -2.33. The highest BCUT2D eigenvalue weighted by Crippen LogP contribution is 2.22. The van der Waals surface area contributed by atoms with E-state index in [1.807, 2.05) is 58.0 Å². The van der Waals surface area contributed by atoms with Gasteiger partial charge in [0.2, 0.25) is 0 Å². The van der Waals surface area contributed by atoms with Crippen LogP contribution in [0.15, 0.2) is 36.5 Å². The van der Waals surface area contributed by atoms with Gasteiger partial charge in [0.25, 0.3) is 5.91 Å². The summed E-state index contributed by atoms with van der Waals surface area (Å²) in [5, 5.41) is 12.3. The molecule has 1 atom stereocenters. The van der Waals surface area contributed by atoms with Gasteiger partial charge in [-0.1, -0.05) is 25.1 Å². The molecule has 3 aromatic rings. The maximum atomic E-state index is 12.8. The number of nitrogens with two attached hydrogens (primary N) is 1. The third-order valence-electron chi connectivity index (χ3n) is 5.06. The largest absolute Gasteiger partial charge is 0.344 e. The van der Waals surface area contributed by atoms with Crippen molar-refractivity contribution in [1.82, 2.24) is 25.3 Å². The van der Waals surface area contributed by atoms with Crippen LogP contribution in [0, 0.1) is 12.8 Å². The third kappa shape index (κ3) is 4.27. The summed E-state index contributed by atoms with van der Waals surface area (Å²) in [6.07, 6.45) is 1.75. The van der Waals surface area contributed by atoms with E-state index in [1.165, 1.54) is 0 Å². The molecule has 152 valence electrons. The number of rotatable bonds is 5. The van der Waals surface area contributed by atoms with Gasteiger partial charge in [-0.05, 0) is 44.0 Å². The SMILES string of the molecule is Cc1c(C(=O)NC(C)(CN)C(C)C)nnn1-c1cccc2ncccc12.Cl.Cl. The number of aromatic nitrogens is 4. The monoisotopic (exact) mass is 424 g/mol. The molecule has 0 spiro atoms. The predicted molar refractivity (Wildman–Crippen MR) is 116 cm³/mol. The molecule has 0 fully saturated rings. The molecule has 9 heteroatoms. The van der Waals surface area contributed by atoms with Crippen molar-refractivity contribution in [1.29, 1.82) is 0 Å². The summed E-state index contributed by atoms with van der Waals surface area (Å²) in [5.41, 5.74) is 8.03.